The lowest BCUT2D eigenvalue weighted by Crippen LogP contribution is -2.41. The van der Waals surface area contributed by atoms with Gasteiger partial charge in [0.1, 0.15) is 11.4 Å². The van der Waals surface area contributed by atoms with Gasteiger partial charge in [0.25, 0.3) is 0 Å². The van der Waals surface area contributed by atoms with Crippen molar-refractivity contribution in [2.45, 2.75) is 39.3 Å². The van der Waals surface area contributed by atoms with Gasteiger partial charge in [-0.25, -0.2) is 9.18 Å². The SMILES string of the molecule is C[C@H](CN/C=C\C(=N)c1ccc(F)cc1)NC(=O)OC(C)(C)C. The summed E-state index contributed by atoms with van der Waals surface area (Å²) in [5.74, 6) is -0.328. The summed E-state index contributed by atoms with van der Waals surface area (Å²) < 4.78 is 18.0. The van der Waals surface area contributed by atoms with Crippen LogP contribution < -0.4 is 10.6 Å². The summed E-state index contributed by atoms with van der Waals surface area (Å²) in [6.07, 6.45) is 2.74. The minimum absolute atomic E-state index is 0.130. The summed E-state index contributed by atoms with van der Waals surface area (Å²) in [7, 11) is 0. The Morgan fingerprint density at radius 2 is 1.96 bits per heavy atom. The van der Waals surface area contributed by atoms with E-state index in [1.807, 2.05) is 6.92 Å². The average Bonchev–Trinajstić information content (AvgIpc) is 2.42. The first kappa shape index (κ1) is 18.7. The molecule has 0 saturated heterocycles. The number of nitrogens with one attached hydrogen (secondary N) is 3. The number of carbonyl (C=O) groups excluding carboxylic acids is 1. The van der Waals surface area contributed by atoms with Crippen LogP contribution in [0.5, 0.6) is 0 Å². The molecule has 0 aromatic heterocycles. The number of amides is 1. The van der Waals surface area contributed by atoms with Crippen LogP contribution in [-0.2, 0) is 4.74 Å². The van der Waals surface area contributed by atoms with Crippen molar-refractivity contribution in [3.05, 3.63) is 47.9 Å². The monoisotopic (exact) mass is 321 g/mol. The highest BCUT2D eigenvalue weighted by atomic mass is 19.1. The van der Waals surface area contributed by atoms with Crippen LogP contribution >= 0.6 is 0 Å². The molecule has 1 amide bonds. The first-order valence-electron chi connectivity index (χ1n) is 7.41. The normalized spacial score (nSPS) is 12.7. The molecule has 0 aliphatic heterocycles. The second-order valence-corrected chi connectivity index (χ2v) is 6.21. The van der Waals surface area contributed by atoms with Crippen molar-refractivity contribution >= 4 is 11.8 Å². The lowest BCUT2D eigenvalue weighted by molar-refractivity contribution is 0.0509. The maximum absolute atomic E-state index is 12.8. The first-order chi connectivity index (χ1) is 10.7. The molecule has 1 aromatic rings. The highest BCUT2D eigenvalue weighted by Gasteiger charge is 2.17. The van der Waals surface area contributed by atoms with Crippen molar-refractivity contribution < 1.29 is 13.9 Å². The largest absolute Gasteiger partial charge is 0.444 e. The predicted octanol–water partition coefficient (Wildman–Crippen LogP) is 3.21. The van der Waals surface area contributed by atoms with Gasteiger partial charge in [-0.15, -0.1) is 0 Å². The molecule has 1 atom stereocenters. The van der Waals surface area contributed by atoms with Crippen molar-refractivity contribution in [3.63, 3.8) is 0 Å². The van der Waals surface area contributed by atoms with E-state index in [4.69, 9.17) is 10.1 Å². The number of carbonyl (C=O) groups is 1. The van der Waals surface area contributed by atoms with E-state index in [0.717, 1.165) is 0 Å². The zero-order chi connectivity index (χ0) is 17.5. The van der Waals surface area contributed by atoms with Crippen LogP contribution in [0, 0.1) is 11.2 Å². The third kappa shape index (κ3) is 7.99. The predicted molar refractivity (Wildman–Crippen MR) is 89.2 cm³/mol. The maximum Gasteiger partial charge on any atom is 0.407 e. The summed E-state index contributed by atoms with van der Waals surface area (Å²) in [6, 6.07) is 5.61. The molecule has 1 rings (SSSR count). The van der Waals surface area contributed by atoms with Crippen LogP contribution in [-0.4, -0.2) is 30.0 Å². The molecule has 0 heterocycles. The fourth-order valence-corrected chi connectivity index (χ4v) is 1.67. The van der Waals surface area contributed by atoms with Crippen molar-refractivity contribution in [2.75, 3.05) is 6.54 Å². The number of benzene rings is 1. The summed E-state index contributed by atoms with van der Waals surface area (Å²) in [5.41, 5.74) is 0.371. The molecule has 0 aliphatic rings. The molecule has 0 spiro atoms. The Morgan fingerprint density at radius 1 is 1.35 bits per heavy atom. The van der Waals surface area contributed by atoms with E-state index in [1.165, 1.54) is 12.1 Å². The Bertz CT molecular complexity index is 562. The molecular weight excluding hydrogens is 297 g/mol. The first-order valence-corrected chi connectivity index (χ1v) is 7.41. The van der Waals surface area contributed by atoms with Gasteiger partial charge in [-0.3, -0.25) is 0 Å². The van der Waals surface area contributed by atoms with E-state index >= 15 is 0 Å². The maximum atomic E-state index is 12.8. The molecule has 0 fully saturated rings. The zero-order valence-corrected chi connectivity index (χ0v) is 13.9. The van der Waals surface area contributed by atoms with Crippen LogP contribution in [0.15, 0.2) is 36.5 Å². The molecule has 0 saturated carbocycles. The van der Waals surface area contributed by atoms with Gasteiger partial charge in [-0.05, 0) is 69.8 Å². The third-order valence-corrected chi connectivity index (χ3v) is 2.71. The highest BCUT2D eigenvalue weighted by molar-refractivity contribution is 6.06. The van der Waals surface area contributed by atoms with Gasteiger partial charge in [-0.2, -0.15) is 0 Å². The molecule has 0 aliphatic carbocycles. The van der Waals surface area contributed by atoms with E-state index in [2.05, 4.69) is 10.6 Å². The molecule has 0 bridgehead atoms. The van der Waals surface area contributed by atoms with Gasteiger partial charge in [0, 0.05) is 12.6 Å². The Balaban J connectivity index is 2.34. The molecule has 1 aromatic carbocycles. The Morgan fingerprint density at radius 3 is 2.52 bits per heavy atom. The van der Waals surface area contributed by atoms with Crippen LogP contribution in [0.3, 0.4) is 0 Å². The smallest absolute Gasteiger partial charge is 0.407 e. The minimum Gasteiger partial charge on any atom is -0.444 e. The van der Waals surface area contributed by atoms with Crippen molar-refractivity contribution in [3.8, 4) is 0 Å². The second-order valence-electron chi connectivity index (χ2n) is 6.21. The molecule has 126 valence electrons. The van der Waals surface area contributed by atoms with Gasteiger partial charge >= 0.3 is 6.09 Å². The van der Waals surface area contributed by atoms with Crippen molar-refractivity contribution in [1.29, 1.82) is 5.41 Å². The van der Waals surface area contributed by atoms with Gasteiger partial charge in [-0.1, -0.05) is 0 Å². The quantitative estimate of drug-likeness (QED) is 0.704. The highest BCUT2D eigenvalue weighted by Crippen LogP contribution is 2.06. The lowest BCUT2D eigenvalue weighted by atomic mass is 10.1. The second kappa shape index (κ2) is 8.31. The van der Waals surface area contributed by atoms with E-state index in [9.17, 15) is 9.18 Å². The Hall–Kier alpha value is -2.37. The standard InChI is InChI=1S/C17H24FN3O2/c1-12(21-16(22)23-17(2,3)4)11-20-10-9-15(19)13-5-7-14(18)8-6-13/h5-10,12,19-20H,11H2,1-4H3,(H,21,22)/b10-9-,19-15?/t12-/m1/s1. The Labute approximate surface area is 136 Å². The van der Waals surface area contributed by atoms with Crippen molar-refractivity contribution in [2.24, 2.45) is 0 Å². The van der Waals surface area contributed by atoms with Crippen LogP contribution in [0.4, 0.5) is 9.18 Å². The van der Waals surface area contributed by atoms with E-state index in [-0.39, 0.29) is 17.6 Å². The van der Waals surface area contributed by atoms with Gasteiger partial charge < -0.3 is 20.8 Å². The minimum atomic E-state index is -0.526. The van der Waals surface area contributed by atoms with Crippen LogP contribution in [0.2, 0.25) is 0 Å². The lowest BCUT2D eigenvalue weighted by Gasteiger charge is -2.21. The molecule has 3 N–H and O–H groups in total. The number of hydrogen-bond donors (Lipinski definition) is 3. The molecule has 23 heavy (non-hydrogen) atoms. The van der Waals surface area contributed by atoms with E-state index < -0.39 is 11.7 Å². The summed E-state index contributed by atoms with van der Waals surface area (Å²) in [6.45, 7) is 7.75. The van der Waals surface area contributed by atoms with Gasteiger partial charge in [0.15, 0.2) is 0 Å². The van der Waals surface area contributed by atoms with Crippen molar-refractivity contribution in [1.82, 2.24) is 10.6 Å². The fraction of sp³-hybridized carbons (Fsp3) is 0.412. The number of allylic oxidation sites excluding steroid dienone is 1. The molecular formula is C17H24FN3O2. The summed E-state index contributed by atoms with van der Waals surface area (Å²) in [4.78, 5) is 11.6. The van der Waals surface area contributed by atoms with E-state index in [1.54, 1.807) is 45.2 Å². The van der Waals surface area contributed by atoms with Crippen LogP contribution in [0.1, 0.15) is 33.3 Å². The van der Waals surface area contributed by atoms with E-state index in [0.29, 0.717) is 12.1 Å². The number of rotatable bonds is 6. The molecule has 0 radical (unpaired) electrons. The van der Waals surface area contributed by atoms with Gasteiger partial charge in [0.2, 0.25) is 0 Å². The summed E-state index contributed by atoms with van der Waals surface area (Å²) >= 11 is 0. The Kier molecular flexibility index (Phi) is 6.75. The zero-order valence-electron chi connectivity index (χ0n) is 13.9. The molecule has 6 heteroatoms. The number of ether oxygens (including phenoxy) is 1. The number of hydrogen-bond acceptors (Lipinski definition) is 4. The number of halogens is 1. The fourth-order valence-electron chi connectivity index (χ4n) is 1.67. The summed E-state index contributed by atoms with van der Waals surface area (Å²) in [5, 5.41) is 13.6. The molecule has 0 unspecified atom stereocenters. The van der Waals surface area contributed by atoms with Gasteiger partial charge in [0.05, 0.1) is 5.71 Å². The topological polar surface area (TPSA) is 74.2 Å². The molecule has 5 nitrogen and oxygen atoms in total. The average molecular weight is 321 g/mol. The third-order valence-electron chi connectivity index (χ3n) is 2.71. The number of alkyl carbamates (subject to hydrolysis) is 1. The van der Waals surface area contributed by atoms with Crippen LogP contribution in [0.25, 0.3) is 0 Å².